The fourth-order valence-corrected chi connectivity index (χ4v) is 1.85. The Morgan fingerprint density at radius 2 is 2.06 bits per heavy atom. The summed E-state index contributed by atoms with van der Waals surface area (Å²) in [7, 11) is 0. The van der Waals surface area contributed by atoms with Crippen molar-refractivity contribution in [3.8, 4) is 6.07 Å². The van der Waals surface area contributed by atoms with E-state index in [1.807, 2.05) is 38.1 Å². The maximum absolute atomic E-state index is 11.7. The molecule has 0 atom stereocenters. The topological polar surface area (TPSA) is 50.1 Å². The largest absolute Gasteiger partial charge is 0.462 e. The molecule has 0 saturated carbocycles. The van der Waals surface area contributed by atoms with E-state index in [2.05, 4.69) is 0 Å². The summed E-state index contributed by atoms with van der Waals surface area (Å²) < 4.78 is 4.88. The van der Waals surface area contributed by atoms with E-state index >= 15 is 0 Å². The van der Waals surface area contributed by atoms with Gasteiger partial charge >= 0.3 is 5.97 Å². The molecule has 0 radical (unpaired) electrons. The number of aryl methyl sites for hydroxylation is 2. The van der Waals surface area contributed by atoms with Crippen LogP contribution in [-0.4, -0.2) is 12.6 Å². The summed E-state index contributed by atoms with van der Waals surface area (Å²) in [6, 6.07) is 7.85. The molecule has 1 rings (SSSR count). The quantitative estimate of drug-likeness (QED) is 0.465. The van der Waals surface area contributed by atoms with Crippen molar-refractivity contribution in [1.29, 1.82) is 5.26 Å². The van der Waals surface area contributed by atoms with E-state index in [-0.39, 0.29) is 12.2 Å². The molecule has 94 valence electrons. The second kappa shape index (κ2) is 6.02. The van der Waals surface area contributed by atoms with Gasteiger partial charge in [-0.2, -0.15) is 5.26 Å². The second-order valence-corrected chi connectivity index (χ2v) is 4.15. The number of hydrogen-bond donors (Lipinski definition) is 0. The molecule has 0 N–H and O–H groups in total. The molecule has 0 amide bonds. The third-order valence-electron chi connectivity index (χ3n) is 2.75. The number of carbonyl (C=O) groups excluding carboxylic acids is 1. The van der Waals surface area contributed by atoms with Crippen molar-refractivity contribution in [3.63, 3.8) is 0 Å². The summed E-state index contributed by atoms with van der Waals surface area (Å²) in [4.78, 5) is 11.7. The fourth-order valence-electron chi connectivity index (χ4n) is 1.85. The van der Waals surface area contributed by atoms with Gasteiger partial charge in [0.15, 0.2) is 0 Å². The average molecular weight is 243 g/mol. The molecule has 3 nitrogen and oxygen atoms in total. The van der Waals surface area contributed by atoms with Crippen LogP contribution >= 0.6 is 0 Å². The van der Waals surface area contributed by atoms with Gasteiger partial charge in [0.2, 0.25) is 0 Å². The molecule has 0 unspecified atom stereocenters. The Morgan fingerprint density at radius 1 is 1.39 bits per heavy atom. The van der Waals surface area contributed by atoms with Crippen LogP contribution in [0.2, 0.25) is 0 Å². The van der Waals surface area contributed by atoms with E-state index < -0.39 is 5.97 Å². The lowest BCUT2D eigenvalue weighted by Crippen LogP contribution is -2.08. The Kier molecular flexibility index (Phi) is 4.67. The van der Waals surface area contributed by atoms with Crippen LogP contribution in [0.3, 0.4) is 0 Å². The van der Waals surface area contributed by atoms with Gasteiger partial charge in [-0.1, -0.05) is 23.8 Å². The lowest BCUT2D eigenvalue weighted by atomic mass is 9.96. The van der Waals surface area contributed by atoms with E-state index in [0.717, 1.165) is 16.7 Å². The predicted molar refractivity (Wildman–Crippen MR) is 70.8 cm³/mol. The van der Waals surface area contributed by atoms with Crippen molar-refractivity contribution < 1.29 is 9.53 Å². The summed E-state index contributed by atoms with van der Waals surface area (Å²) in [5.41, 5.74) is 3.84. The Hall–Kier alpha value is -2.08. The van der Waals surface area contributed by atoms with Gasteiger partial charge in [-0.3, -0.25) is 0 Å². The monoisotopic (exact) mass is 243 g/mol. The van der Waals surface area contributed by atoms with Gasteiger partial charge in [-0.15, -0.1) is 0 Å². The summed E-state index contributed by atoms with van der Waals surface area (Å²) in [6.45, 7) is 7.73. The van der Waals surface area contributed by atoms with Gasteiger partial charge in [0.1, 0.15) is 11.6 Å². The van der Waals surface area contributed by atoms with E-state index in [1.54, 1.807) is 13.8 Å². The number of nitriles is 1. The first-order chi connectivity index (χ1) is 8.51. The van der Waals surface area contributed by atoms with Gasteiger partial charge in [0, 0.05) is 0 Å². The van der Waals surface area contributed by atoms with Crippen LogP contribution < -0.4 is 0 Å². The number of carbonyl (C=O) groups is 1. The van der Waals surface area contributed by atoms with Crippen molar-refractivity contribution in [2.45, 2.75) is 27.7 Å². The van der Waals surface area contributed by atoms with Crippen molar-refractivity contribution in [2.24, 2.45) is 0 Å². The van der Waals surface area contributed by atoms with Crippen molar-refractivity contribution >= 4 is 11.5 Å². The summed E-state index contributed by atoms with van der Waals surface area (Å²) in [5, 5.41) is 9.09. The molecule has 0 bridgehead atoms. The molecule has 0 heterocycles. The average Bonchev–Trinajstić information content (AvgIpc) is 2.29. The molecule has 0 saturated heterocycles. The normalized spacial score (nSPS) is 11.5. The highest BCUT2D eigenvalue weighted by molar-refractivity contribution is 6.01. The Bertz CT molecular complexity index is 536. The number of allylic oxidation sites excluding steroid dienone is 1. The SMILES string of the molecule is CCOC(=O)C(C#N)=C(C)c1ccc(C)cc1C. The molecule has 0 aliphatic rings. The third kappa shape index (κ3) is 2.98. The van der Waals surface area contributed by atoms with Crippen LogP contribution in [0, 0.1) is 25.2 Å². The third-order valence-corrected chi connectivity index (χ3v) is 2.75. The first kappa shape index (κ1) is 14.0. The number of ether oxygens (including phenoxy) is 1. The van der Waals surface area contributed by atoms with Gasteiger partial charge in [-0.05, 0) is 44.4 Å². The van der Waals surface area contributed by atoms with Gasteiger partial charge < -0.3 is 4.74 Å². The van der Waals surface area contributed by atoms with Gasteiger partial charge in [0.25, 0.3) is 0 Å². The van der Waals surface area contributed by atoms with Crippen LogP contribution in [0.25, 0.3) is 5.57 Å². The highest BCUT2D eigenvalue weighted by atomic mass is 16.5. The van der Waals surface area contributed by atoms with Crippen LogP contribution in [0.1, 0.15) is 30.5 Å². The maximum Gasteiger partial charge on any atom is 0.349 e. The van der Waals surface area contributed by atoms with Crippen LogP contribution in [0.15, 0.2) is 23.8 Å². The highest BCUT2D eigenvalue weighted by Gasteiger charge is 2.15. The summed E-state index contributed by atoms with van der Waals surface area (Å²) in [5.74, 6) is -0.558. The molecule has 1 aromatic carbocycles. The molecular formula is C15H17NO2. The minimum atomic E-state index is -0.558. The molecule has 0 aliphatic heterocycles. The van der Waals surface area contributed by atoms with E-state index in [4.69, 9.17) is 10.00 Å². The number of hydrogen-bond acceptors (Lipinski definition) is 3. The summed E-state index contributed by atoms with van der Waals surface area (Å²) >= 11 is 0. The maximum atomic E-state index is 11.7. The minimum Gasteiger partial charge on any atom is -0.462 e. The van der Waals surface area contributed by atoms with Crippen molar-refractivity contribution in [1.82, 2.24) is 0 Å². The molecule has 3 heteroatoms. The van der Waals surface area contributed by atoms with Gasteiger partial charge in [-0.25, -0.2) is 4.79 Å². The van der Waals surface area contributed by atoms with Crippen LogP contribution in [0.5, 0.6) is 0 Å². The Labute approximate surface area is 108 Å². The lowest BCUT2D eigenvalue weighted by molar-refractivity contribution is -0.137. The number of esters is 1. The predicted octanol–water partition coefficient (Wildman–Crippen LogP) is 3.16. The van der Waals surface area contributed by atoms with Crippen LogP contribution in [-0.2, 0) is 9.53 Å². The molecule has 18 heavy (non-hydrogen) atoms. The number of nitrogens with zero attached hydrogens (tertiary/aromatic N) is 1. The van der Waals surface area contributed by atoms with Gasteiger partial charge in [0.05, 0.1) is 6.61 Å². The number of benzene rings is 1. The summed E-state index contributed by atoms with van der Waals surface area (Å²) in [6.07, 6.45) is 0. The van der Waals surface area contributed by atoms with E-state index in [1.165, 1.54) is 0 Å². The molecule has 0 aromatic heterocycles. The molecule has 0 fully saturated rings. The lowest BCUT2D eigenvalue weighted by Gasteiger charge is -2.09. The molecule has 0 aliphatic carbocycles. The molecular weight excluding hydrogens is 226 g/mol. The molecule has 0 spiro atoms. The zero-order valence-corrected chi connectivity index (χ0v) is 11.2. The first-order valence-electron chi connectivity index (χ1n) is 5.87. The minimum absolute atomic E-state index is 0.0730. The fraction of sp³-hybridized carbons (Fsp3) is 0.333. The van der Waals surface area contributed by atoms with Crippen molar-refractivity contribution in [2.75, 3.05) is 6.61 Å². The molecule has 1 aromatic rings. The highest BCUT2D eigenvalue weighted by Crippen LogP contribution is 2.23. The first-order valence-corrected chi connectivity index (χ1v) is 5.87. The standard InChI is InChI=1S/C15H17NO2/c1-5-18-15(17)14(9-16)12(4)13-7-6-10(2)8-11(13)3/h6-8H,5H2,1-4H3. The van der Waals surface area contributed by atoms with E-state index in [0.29, 0.717) is 5.57 Å². The Morgan fingerprint density at radius 3 is 2.56 bits per heavy atom. The number of rotatable bonds is 3. The Balaban J connectivity index is 3.28. The second-order valence-electron chi connectivity index (χ2n) is 4.15. The zero-order chi connectivity index (χ0) is 13.7. The van der Waals surface area contributed by atoms with Crippen LogP contribution in [0.4, 0.5) is 0 Å². The van der Waals surface area contributed by atoms with Crippen molar-refractivity contribution in [3.05, 3.63) is 40.5 Å². The zero-order valence-electron chi connectivity index (χ0n) is 11.2. The van der Waals surface area contributed by atoms with E-state index in [9.17, 15) is 4.79 Å². The smallest absolute Gasteiger partial charge is 0.349 e.